The summed E-state index contributed by atoms with van der Waals surface area (Å²) in [5.41, 5.74) is 3.39. The molecular weight excluding hydrogens is 466 g/mol. The number of aryl methyl sites for hydroxylation is 1. The van der Waals surface area contributed by atoms with Crippen LogP contribution in [-0.4, -0.2) is 25.1 Å². The number of hydrogen-bond acceptors (Lipinski definition) is 7. The number of benzene rings is 2. The van der Waals surface area contributed by atoms with E-state index in [-0.39, 0.29) is 17.4 Å². The zero-order chi connectivity index (χ0) is 22.7. The van der Waals surface area contributed by atoms with Gasteiger partial charge in [0.2, 0.25) is 10.0 Å². The van der Waals surface area contributed by atoms with E-state index in [1.165, 1.54) is 0 Å². The summed E-state index contributed by atoms with van der Waals surface area (Å²) in [5.74, 6) is 0.417. The maximum absolute atomic E-state index is 13.0. The van der Waals surface area contributed by atoms with Gasteiger partial charge in [0.05, 0.1) is 5.75 Å². The average Bonchev–Trinajstić information content (AvgIpc) is 3.36. The van der Waals surface area contributed by atoms with Gasteiger partial charge in [-0.1, -0.05) is 30.0 Å². The van der Waals surface area contributed by atoms with Crippen molar-refractivity contribution >= 4 is 61.4 Å². The number of anilines is 2. The maximum Gasteiger partial charge on any atom is 0.291 e. The molecule has 4 aromatic rings. The van der Waals surface area contributed by atoms with Crippen LogP contribution in [0, 0.1) is 6.92 Å². The van der Waals surface area contributed by atoms with Gasteiger partial charge in [0.25, 0.3) is 5.91 Å². The highest BCUT2D eigenvalue weighted by atomic mass is 32.2. The van der Waals surface area contributed by atoms with E-state index < -0.39 is 10.0 Å². The fourth-order valence-electron chi connectivity index (χ4n) is 3.02. The fourth-order valence-corrected chi connectivity index (χ4v) is 5.54. The highest BCUT2D eigenvalue weighted by Crippen LogP contribution is 2.33. The van der Waals surface area contributed by atoms with Crippen molar-refractivity contribution in [3.05, 3.63) is 70.9 Å². The number of nitrogens with one attached hydrogen (secondary N) is 2. The first kappa shape index (κ1) is 22.4. The Kier molecular flexibility index (Phi) is 6.54. The Morgan fingerprint density at radius 2 is 1.84 bits per heavy atom. The summed E-state index contributed by atoms with van der Waals surface area (Å²) >= 11 is 3.14. The Morgan fingerprint density at radius 1 is 1.12 bits per heavy atom. The molecule has 166 valence electrons. The first-order valence-electron chi connectivity index (χ1n) is 9.82. The number of sulfonamides is 1. The van der Waals surface area contributed by atoms with Crippen molar-refractivity contribution in [3.63, 3.8) is 0 Å². The van der Waals surface area contributed by atoms with Gasteiger partial charge in [-0.3, -0.25) is 9.52 Å². The number of rotatable bonds is 8. The molecule has 0 atom stereocenters. The quantitative estimate of drug-likeness (QED) is 0.318. The van der Waals surface area contributed by atoms with Crippen LogP contribution in [0.25, 0.3) is 11.0 Å². The van der Waals surface area contributed by atoms with Gasteiger partial charge >= 0.3 is 0 Å². The molecular formula is C22H21N3O4S3. The fraction of sp³-hybridized carbons (Fsp3) is 0.182. The molecule has 0 aliphatic carbocycles. The number of amides is 1. The summed E-state index contributed by atoms with van der Waals surface area (Å²) < 4.78 is 32.7. The van der Waals surface area contributed by atoms with Crippen LogP contribution in [0.15, 0.2) is 62.7 Å². The van der Waals surface area contributed by atoms with Crippen molar-refractivity contribution in [2.75, 3.05) is 15.8 Å². The van der Waals surface area contributed by atoms with E-state index in [1.807, 2.05) is 36.6 Å². The molecule has 0 saturated carbocycles. The standard InChI is InChI=1S/C22H21N3O4S3/c1-3-32(27,28)25-16-10-8-15(9-11-16)24-21(26)20-18(13-31-22-23-14(2)12-30-22)17-6-4-5-7-19(17)29-20/h4-12,25H,3,13H2,1-2H3,(H,24,26). The number of carbonyl (C=O) groups is 1. The molecule has 2 aromatic carbocycles. The van der Waals surface area contributed by atoms with Crippen LogP contribution in [0.5, 0.6) is 0 Å². The third kappa shape index (κ3) is 5.14. The van der Waals surface area contributed by atoms with Crippen LogP contribution < -0.4 is 10.0 Å². The molecule has 2 heterocycles. The normalized spacial score (nSPS) is 11.6. The van der Waals surface area contributed by atoms with E-state index in [0.29, 0.717) is 22.7 Å². The number of para-hydroxylation sites is 1. The Bertz CT molecular complexity index is 1360. The van der Waals surface area contributed by atoms with Crippen molar-refractivity contribution in [1.29, 1.82) is 0 Å². The van der Waals surface area contributed by atoms with Crippen LogP contribution in [0.2, 0.25) is 0 Å². The summed E-state index contributed by atoms with van der Waals surface area (Å²) in [6.07, 6.45) is 0. The summed E-state index contributed by atoms with van der Waals surface area (Å²) in [6.45, 7) is 3.51. The van der Waals surface area contributed by atoms with E-state index in [4.69, 9.17) is 4.42 Å². The highest BCUT2D eigenvalue weighted by molar-refractivity contribution is 8.00. The van der Waals surface area contributed by atoms with Crippen LogP contribution in [0.4, 0.5) is 11.4 Å². The van der Waals surface area contributed by atoms with E-state index in [2.05, 4.69) is 15.0 Å². The lowest BCUT2D eigenvalue weighted by molar-refractivity contribution is 0.0998. The minimum Gasteiger partial charge on any atom is -0.451 e. The number of thioether (sulfide) groups is 1. The number of furan rings is 1. The zero-order valence-corrected chi connectivity index (χ0v) is 19.9. The van der Waals surface area contributed by atoms with Gasteiger partial charge in [-0.2, -0.15) is 0 Å². The summed E-state index contributed by atoms with van der Waals surface area (Å²) in [4.78, 5) is 17.5. The number of thiazole rings is 1. The molecule has 7 nitrogen and oxygen atoms in total. The number of carbonyl (C=O) groups excluding carboxylic acids is 1. The van der Waals surface area contributed by atoms with E-state index in [1.54, 1.807) is 54.3 Å². The smallest absolute Gasteiger partial charge is 0.291 e. The second-order valence-corrected chi connectivity index (χ2v) is 11.1. The molecule has 0 aliphatic heterocycles. The molecule has 1 amide bonds. The molecule has 10 heteroatoms. The maximum atomic E-state index is 13.0. The van der Waals surface area contributed by atoms with Crippen LogP contribution in [0.3, 0.4) is 0 Å². The predicted molar refractivity (Wildman–Crippen MR) is 130 cm³/mol. The number of fused-ring (bicyclic) bond motifs is 1. The molecule has 0 unspecified atom stereocenters. The molecule has 0 saturated heterocycles. The Balaban J connectivity index is 1.55. The lowest BCUT2D eigenvalue weighted by Gasteiger charge is -2.08. The summed E-state index contributed by atoms with van der Waals surface area (Å²) in [5, 5.41) is 5.72. The zero-order valence-electron chi connectivity index (χ0n) is 17.4. The molecule has 4 rings (SSSR count). The number of aromatic nitrogens is 1. The highest BCUT2D eigenvalue weighted by Gasteiger charge is 2.21. The second kappa shape index (κ2) is 9.35. The average molecular weight is 488 g/mol. The molecule has 0 fully saturated rings. The van der Waals surface area contributed by atoms with E-state index in [9.17, 15) is 13.2 Å². The molecule has 0 bridgehead atoms. The largest absolute Gasteiger partial charge is 0.451 e. The monoisotopic (exact) mass is 487 g/mol. The molecule has 2 aromatic heterocycles. The van der Waals surface area contributed by atoms with Gasteiger partial charge in [0, 0.05) is 39.2 Å². The van der Waals surface area contributed by atoms with Gasteiger partial charge in [-0.25, -0.2) is 13.4 Å². The van der Waals surface area contributed by atoms with E-state index >= 15 is 0 Å². The van der Waals surface area contributed by atoms with Crippen molar-refractivity contribution in [2.24, 2.45) is 0 Å². The number of hydrogen-bond donors (Lipinski definition) is 2. The van der Waals surface area contributed by atoms with Gasteiger partial charge in [0.1, 0.15) is 9.92 Å². The Labute approximate surface area is 194 Å². The Hall–Kier alpha value is -2.82. The van der Waals surface area contributed by atoms with Crippen molar-refractivity contribution in [2.45, 2.75) is 23.9 Å². The molecule has 0 radical (unpaired) electrons. The summed E-state index contributed by atoms with van der Waals surface area (Å²) in [6, 6.07) is 14.0. The van der Waals surface area contributed by atoms with Crippen LogP contribution >= 0.6 is 23.1 Å². The minimum atomic E-state index is -3.36. The first-order chi connectivity index (χ1) is 15.3. The van der Waals surface area contributed by atoms with Crippen LogP contribution in [0.1, 0.15) is 28.7 Å². The molecule has 32 heavy (non-hydrogen) atoms. The predicted octanol–water partition coefficient (Wildman–Crippen LogP) is 5.50. The van der Waals surface area contributed by atoms with Crippen molar-refractivity contribution in [3.8, 4) is 0 Å². The van der Waals surface area contributed by atoms with Crippen LogP contribution in [-0.2, 0) is 15.8 Å². The second-order valence-electron chi connectivity index (χ2n) is 6.99. The molecule has 0 aliphatic rings. The van der Waals surface area contributed by atoms with Crippen molar-refractivity contribution < 1.29 is 17.6 Å². The SMILES string of the molecule is CCS(=O)(=O)Nc1ccc(NC(=O)c2oc3ccccc3c2CSc2nc(C)cs2)cc1. The van der Waals surface area contributed by atoms with E-state index in [0.717, 1.165) is 21.0 Å². The third-order valence-electron chi connectivity index (χ3n) is 4.64. The first-order valence-corrected chi connectivity index (χ1v) is 13.3. The molecule has 2 N–H and O–H groups in total. The minimum absolute atomic E-state index is 0.0150. The molecule has 0 spiro atoms. The number of nitrogens with zero attached hydrogens (tertiary/aromatic N) is 1. The van der Waals surface area contributed by atoms with Crippen molar-refractivity contribution in [1.82, 2.24) is 4.98 Å². The lowest BCUT2D eigenvalue weighted by atomic mass is 10.1. The van der Waals surface area contributed by atoms with Gasteiger partial charge < -0.3 is 9.73 Å². The van der Waals surface area contributed by atoms with Gasteiger partial charge in [-0.15, -0.1) is 11.3 Å². The summed E-state index contributed by atoms with van der Waals surface area (Å²) in [7, 11) is -3.36. The Morgan fingerprint density at radius 3 is 2.53 bits per heavy atom. The lowest BCUT2D eigenvalue weighted by Crippen LogP contribution is -2.15. The van der Waals surface area contributed by atoms with Gasteiger partial charge in [0.15, 0.2) is 5.76 Å². The topological polar surface area (TPSA) is 101 Å². The third-order valence-corrected chi connectivity index (χ3v) is 8.11. The van der Waals surface area contributed by atoms with Gasteiger partial charge in [-0.05, 0) is 44.2 Å².